The van der Waals surface area contributed by atoms with E-state index in [4.69, 9.17) is 0 Å². The topological polar surface area (TPSA) is 32.7 Å². The predicted molar refractivity (Wildman–Crippen MR) is 112 cm³/mol. The van der Waals surface area contributed by atoms with Gasteiger partial charge < -0.3 is 4.90 Å². The van der Waals surface area contributed by atoms with Crippen molar-refractivity contribution in [1.82, 2.24) is 0 Å². The summed E-state index contributed by atoms with van der Waals surface area (Å²) in [4.78, 5) is 19.6. The molecule has 26 heavy (non-hydrogen) atoms. The molecule has 0 saturated heterocycles. The van der Waals surface area contributed by atoms with Crippen molar-refractivity contribution < 1.29 is 4.79 Å². The second kappa shape index (κ2) is 7.17. The lowest BCUT2D eigenvalue weighted by atomic mass is 10.1. The Balaban J connectivity index is 1.84. The van der Waals surface area contributed by atoms with Gasteiger partial charge in [0.1, 0.15) is 5.71 Å². The van der Waals surface area contributed by atoms with E-state index in [0.29, 0.717) is 12.3 Å². The molecule has 3 aromatic rings. The molecule has 3 nitrogen and oxygen atoms in total. The van der Waals surface area contributed by atoms with Crippen molar-refractivity contribution in [1.29, 1.82) is 0 Å². The van der Waals surface area contributed by atoms with Crippen LogP contribution in [0.15, 0.2) is 86.7 Å². The summed E-state index contributed by atoms with van der Waals surface area (Å²) < 4.78 is 1.77. The molecule has 0 fully saturated rings. The van der Waals surface area contributed by atoms with Gasteiger partial charge in [-0.15, -0.1) is 0 Å². The summed E-state index contributed by atoms with van der Waals surface area (Å²) in [5.74, 6) is -0.0912. The van der Waals surface area contributed by atoms with Crippen LogP contribution in [0, 0.1) is 0 Å². The van der Waals surface area contributed by atoms with E-state index in [9.17, 15) is 4.79 Å². The Hall–Kier alpha value is -2.24. The van der Waals surface area contributed by atoms with Crippen molar-refractivity contribution in [3.05, 3.63) is 92.9 Å². The monoisotopic (exact) mass is 468 g/mol. The molecule has 0 radical (unpaired) electrons. The average Bonchev–Trinajstić information content (AvgIpc) is 2.89. The number of hydrogen-bond acceptors (Lipinski definition) is 2. The van der Waals surface area contributed by atoms with E-state index in [1.807, 2.05) is 72.8 Å². The summed E-state index contributed by atoms with van der Waals surface area (Å²) in [6.45, 7) is 0.501. The van der Waals surface area contributed by atoms with Crippen molar-refractivity contribution in [3.8, 4) is 0 Å². The first-order valence-corrected chi connectivity index (χ1v) is 9.71. The number of anilines is 1. The lowest BCUT2D eigenvalue weighted by Crippen LogP contribution is -2.29. The minimum absolute atomic E-state index is 0.0912. The maximum Gasteiger partial charge on any atom is 0.277 e. The molecule has 0 aromatic heterocycles. The number of halogens is 2. The molecule has 128 valence electrons. The first kappa shape index (κ1) is 17.2. The van der Waals surface area contributed by atoms with Crippen LogP contribution in [0.4, 0.5) is 11.4 Å². The van der Waals surface area contributed by atoms with Crippen molar-refractivity contribution in [3.63, 3.8) is 0 Å². The first-order chi connectivity index (χ1) is 12.6. The van der Waals surface area contributed by atoms with E-state index in [0.717, 1.165) is 31.4 Å². The van der Waals surface area contributed by atoms with Crippen LogP contribution in [0.5, 0.6) is 0 Å². The summed E-state index contributed by atoms with van der Waals surface area (Å²) in [7, 11) is 0. The number of amides is 1. The van der Waals surface area contributed by atoms with Crippen LogP contribution in [-0.4, -0.2) is 11.6 Å². The fourth-order valence-corrected chi connectivity index (χ4v) is 4.46. The van der Waals surface area contributed by atoms with Gasteiger partial charge in [-0.05, 0) is 45.8 Å². The number of fused-ring (bicyclic) bond motifs is 1. The molecule has 5 heteroatoms. The molecule has 0 unspecified atom stereocenters. The number of nitrogens with zero attached hydrogens (tertiary/aromatic N) is 2. The van der Waals surface area contributed by atoms with Crippen LogP contribution < -0.4 is 4.90 Å². The van der Waals surface area contributed by atoms with Gasteiger partial charge in [-0.1, -0.05) is 64.5 Å². The van der Waals surface area contributed by atoms with Crippen LogP contribution in [-0.2, 0) is 11.3 Å². The SMILES string of the molecule is O=C1C(=Nc2ccccc2)c2cc(Br)cc(Br)c2N1Cc1ccccc1. The van der Waals surface area contributed by atoms with Gasteiger partial charge in [0.2, 0.25) is 0 Å². The molecule has 1 aliphatic heterocycles. The van der Waals surface area contributed by atoms with Crippen LogP contribution >= 0.6 is 31.9 Å². The molecule has 0 atom stereocenters. The van der Waals surface area contributed by atoms with E-state index in [1.54, 1.807) is 4.90 Å². The van der Waals surface area contributed by atoms with Crippen molar-refractivity contribution >= 4 is 54.9 Å². The van der Waals surface area contributed by atoms with Crippen molar-refractivity contribution in [2.75, 3.05) is 4.90 Å². The van der Waals surface area contributed by atoms with Gasteiger partial charge in [0.05, 0.1) is 17.9 Å². The smallest absolute Gasteiger partial charge is 0.277 e. The zero-order chi connectivity index (χ0) is 18.1. The lowest BCUT2D eigenvalue weighted by Gasteiger charge is -2.18. The van der Waals surface area contributed by atoms with E-state index in [2.05, 4.69) is 36.9 Å². The number of rotatable bonds is 3. The largest absolute Gasteiger partial charge is 0.301 e. The second-order valence-electron chi connectivity index (χ2n) is 5.96. The minimum Gasteiger partial charge on any atom is -0.301 e. The van der Waals surface area contributed by atoms with Gasteiger partial charge in [-0.2, -0.15) is 0 Å². The molecule has 0 aliphatic carbocycles. The number of carbonyl (C=O) groups excluding carboxylic acids is 1. The quantitative estimate of drug-likeness (QED) is 0.471. The van der Waals surface area contributed by atoms with Gasteiger partial charge in [0.25, 0.3) is 5.91 Å². The number of aliphatic imine (C=N–C) groups is 1. The van der Waals surface area contributed by atoms with Gasteiger partial charge in [-0.3, -0.25) is 4.79 Å². The van der Waals surface area contributed by atoms with Gasteiger partial charge in [0.15, 0.2) is 0 Å². The number of para-hydroxylation sites is 1. The zero-order valence-corrected chi connectivity index (χ0v) is 16.9. The molecule has 0 saturated carbocycles. The minimum atomic E-state index is -0.0912. The third-order valence-corrected chi connectivity index (χ3v) is 5.24. The Bertz CT molecular complexity index is 1000. The molecular formula is C21H14Br2N2O. The van der Waals surface area contributed by atoms with E-state index >= 15 is 0 Å². The summed E-state index contributed by atoms with van der Waals surface area (Å²) in [5.41, 5.74) is 3.99. The summed E-state index contributed by atoms with van der Waals surface area (Å²) >= 11 is 7.13. The first-order valence-electron chi connectivity index (χ1n) is 8.12. The fourth-order valence-electron chi connectivity index (χ4n) is 3.02. The summed E-state index contributed by atoms with van der Waals surface area (Å²) in [6, 6.07) is 23.4. The van der Waals surface area contributed by atoms with E-state index in [-0.39, 0.29) is 5.91 Å². The second-order valence-corrected chi connectivity index (χ2v) is 7.73. The lowest BCUT2D eigenvalue weighted by molar-refractivity contribution is -0.112. The Kier molecular flexibility index (Phi) is 4.74. The van der Waals surface area contributed by atoms with E-state index in [1.165, 1.54) is 0 Å². The maximum atomic E-state index is 13.2. The Morgan fingerprint density at radius 1 is 0.885 bits per heavy atom. The molecule has 0 bridgehead atoms. The highest BCUT2D eigenvalue weighted by Gasteiger charge is 2.36. The highest BCUT2D eigenvalue weighted by atomic mass is 79.9. The summed E-state index contributed by atoms with van der Waals surface area (Å²) in [6.07, 6.45) is 0. The third-order valence-electron chi connectivity index (χ3n) is 4.18. The van der Waals surface area contributed by atoms with Crippen LogP contribution in [0.25, 0.3) is 0 Å². The highest BCUT2D eigenvalue weighted by molar-refractivity contribution is 9.11. The average molecular weight is 470 g/mol. The van der Waals surface area contributed by atoms with Gasteiger partial charge in [-0.25, -0.2) is 4.99 Å². The highest BCUT2D eigenvalue weighted by Crippen LogP contribution is 2.40. The molecule has 1 aliphatic rings. The molecule has 3 aromatic carbocycles. The Morgan fingerprint density at radius 3 is 2.23 bits per heavy atom. The maximum absolute atomic E-state index is 13.2. The van der Waals surface area contributed by atoms with Crippen LogP contribution in [0.3, 0.4) is 0 Å². The molecule has 0 N–H and O–H groups in total. The van der Waals surface area contributed by atoms with E-state index < -0.39 is 0 Å². The zero-order valence-electron chi connectivity index (χ0n) is 13.7. The van der Waals surface area contributed by atoms with Crippen LogP contribution in [0.2, 0.25) is 0 Å². The normalized spacial score (nSPS) is 14.8. The standard InChI is InChI=1S/C21H14Br2N2O/c22-15-11-17-19(24-16-9-5-2-6-10-16)21(26)25(20(17)18(23)12-15)13-14-7-3-1-4-8-14/h1-12H,13H2. The molecular weight excluding hydrogens is 456 g/mol. The molecule has 4 rings (SSSR count). The number of benzene rings is 3. The fraction of sp³-hybridized carbons (Fsp3) is 0.0476. The van der Waals surface area contributed by atoms with Crippen molar-refractivity contribution in [2.24, 2.45) is 4.99 Å². The number of carbonyl (C=O) groups is 1. The molecule has 0 spiro atoms. The predicted octanol–water partition coefficient (Wildman–Crippen LogP) is 5.88. The number of hydrogen-bond donors (Lipinski definition) is 0. The molecule has 1 amide bonds. The summed E-state index contributed by atoms with van der Waals surface area (Å²) in [5, 5.41) is 0. The molecule has 1 heterocycles. The van der Waals surface area contributed by atoms with Crippen LogP contribution in [0.1, 0.15) is 11.1 Å². The van der Waals surface area contributed by atoms with Gasteiger partial charge >= 0.3 is 0 Å². The van der Waals surface area contributed by atoms with Crippen molar-refractivity contribution in [2.45, 2.75) is 6.54 Å². The Morgan fingerprint density at radius 2 is 1.54 bits per heavy atom. The third kappa shape index (κ3) is 3.24. The van der Waals surface area contributed by atoms with Gasteiger partial charge in [0, 0.05) is 14.5 Å². The Labute approximate surface area is 168 Å².